The van der Waals surface area contributed by atoms with Gasteiger partial charge < -0.3 is 20.3 Å². The Morgan fingerprint density at radius 1 is 1.35 bits per heavy atom. The zero-order valence-corrected chi connectivity index (χ0v) is 14.8. The number of benzene rings is 1. The molecule has 2 aliphatic rings. The highest BCUT2D eigenvalue weighted by Crippen LogP contribution is 2.22. The van der Waals surface area contributed by atoms with Gasteiger partial charge in [-0.2, -0.15) is 5.10 Å². The lowest BCUT2D eigenvalue weighted by Gasteiger charge is -2.27. The number of nitrogens with zero attached hydrogens (tertiary/aromatic N) is 3. The van der Waals surface area contributed by atoms with Crippen molar-refractivity contribution in [3.05, 3.63) is 40.8 Å². The van der Waals surface area contributed by atoms with Gasteiger partial charge in [-0.15, -0.1) is 0 Å². The van der Waals surface area contributed by atoms with Crippen LogP contribution in [0, 0.1) is 5.82 Å². The summed E-state index contributed by atoms with van der Waals surface area (Å²) >= 11 is 5.76. The van der Waals surface area contributed by atoms with Gasteiger partial charge in [0.2, 0.25) is 0 Å². The molecule has 3 heterocycles. The van der Waals surface area contributed by atoms with Gasteiger partial charge in [0.15, 0.2) is 0 Å². The molecule has 2 amide bonds. The first-order valence-corrected chi connectivity index (χ1v) is 8.88. The molecule has 0 aliphatic carbocycles. The number of carbonyl (C=O) groups excluding carboxylic acids is 1. The van der Waals surface area contributed by atoms with Gasteiger partial charge in [-0.1, -0.05) is 11.6 Å². The summed E-state index contributed by atoms with van der Waals surface area (Å²) in [5, 5.41) is 10.6. The molecule has 0 bridgehead atoms. The molecule has 2 aromatic rings. The minimum Gasteiger partial charge on any atom is -0.379 e. The van der Waals surface area contributed by atoms with E-state index in [9.17, 15) is 9.18 Å². The van der Waals surface area contributed by atoms with E-state index in [-0.39, 0.29) is 17.1 Å². The van der Waals surface area contributed by atoms with E-state index in [2.05, 4.69) is 15.7 Å². The smallest absolute Gasteiger partial charge is 0.322 e. The first-order chi connectivity index (χ1) is 12.6. The Morgan fingerprint density at radius 2 is 2.23 bits per heavy atom. The summed E-state index contributed by atoms with van der Waals surface area (Å²) in [6, 6.07) is 6.11. The number of rotatable bonds is 3. The second kappa shape index (κ2) is 7.13. The summed E-state index contributed by atoms with van der Waals surface area (Å²) in [6.45, 7) is 3.08. The highest BCUT2D eigenvalue weighted by atomic mass is 35.5. The van der Waals surface area contributed by atoms with Crippen molar-refractivity contribution in [2.75, 3.05) is 30.4 Å². The second-order valence-corrected chi connectivity index (χ2v) is 6.84. The average molecular weight is 380 g/mol. The Labute approximate surface area is 155 Å². The van der Waals surface area contributed by atoms with Crippen LogP contribution < -0.4 is 10.6 Å². The van der Waals surface area contributed by atoms with Crippen LogP contribution in [0.1, 0.15) is 12.1 Å². The highest BCUT2D eigenvalue weighted by molar-refractivity contribution is 6.31. The molecule has 1 atom stereocenters. The molecule has 138 valence electrons. The summed E-state index contributed by atoms with van der Waals surface area (Å²) in [4.78, 5) is 14.2. The normalized spacial score (nSPS) is 19.3. The molecule has 1 fully saturated rings. The van der Waals surface area contributed by atoms with Crippen molar-refractivity contribution in [2.45, 2.75) is 25.6 Å². The van der Waals surface area contributed by atoms with E-state index in [1.165, 1.54) is 18.2 Å². The fourth-order valence-corrected chi connectivity index (χ4v) is 3.32. The Balaban J connectivity index is 1.40. The quantitative estimate of drug-likeness (QED) is 0.860. The highest BCUT2D eigenvalue weighted by Gasteiger charge is 2.24. The number of carbonyl (C=O) groups is 1. The second-order valence-electron chi connectivity index (χ2n) is 6.43. The maximum absolute atomic E-state index is 13.2. The van der Waals surface area contributed by atoms with Crippen LogP contribution in [0.5, 0.6) is 0 Å². The molecule has 2 aliphatic heterocycles. The fraction of sp³-hybridized carbons (Fsp3) is 0.412. The van der Waals surface area contributed by atoms with E-state index in [1.54, 1.807) is 4.90 Å². The Bertz CT molecular complexity index is 821. The average Bonchev–Trinajstić information content (AvgIpc) is 3.26. The van der Waals surface area contributed by atoms with Crippen molar-refractivity contribution < 1.29 is 13.9 Å². The number of urea groups is 1. The van der Waals surface area contributed by atoms with Crippen LogP contribution in [0.15, 0.2) is 24.3 Å². The van der Waals surface area contributed by atoms with Crippen molar-refractivity contribution in [2.24, 2.45) is 0 Å². The van der Waals surface area contributed by atoms with Crippen LogP contribution in [0.25, 0.3) is 0 Å². The molecule has 0 saturated carbocycles. The lowest BCUT2D eigenvalue weighted by atomic mass is 10.2. The van der Waals surface area contributed by atoms with E-state index in [0.29, 0.717) is 31.9 Å². The number of fused-ring (bicyclic) bond motifs is 1. The van der Waals surface area contributed by atoms with Crippen molar-refractivity contribution in [3.8, 4) is 0 Å². The van der Waals surface area contributed by atoms with Crippen LogP contribution in [0.3, 0.4) is 0 Å². The standard InChI is InChI=1S/C17H19ClFN5O2/c18-14-7-11(1-2-15(14)19)21-17(25)23-4-5-24-13(9-23)8-16(22-24)20-12-3-6-26-10-12/h1-2,7-8,12H,3-6,9-10H2,(H,20,22)(H,21,25). The van der Waals surface area contributed by atoms with Crippen LogP contribution in [0.2, 0.25) is 5.02 Å². The monoisotopic (exact) mass is 379 g/mol. The zero-order valence-electron chi connectivity index (χ0n) is 14.0. The predicted molar refractivity (Wildman–Crippen MR) is 95.9 cm³/mol. The largest absolute Gasteiger partial charge is 0.379 e. The summed E-state index contributed by atoms with van der Waals surface area (Å²) in [5.41, 5.74) is 1.43. The number of hydrogen-bond donors (Lipinski definition) is 2. The van der Waals surface area contributed by atoms with Gasteiger partial charge in [-0.05, 0) is 24.6 Å². The number of halogens is 2. The molecule has 1 saturated heterocycles. The molecule has 1 aromatic heterocycles. The topological polar surface area (TPSA) is 71.4 Å². The minimum absolute atomic E-state index is 0.0221. The SMILES string of the molecule is O=C(Nc1ccc(F)c(Cl)c1)N1CCn2nc(NC3CCOC3)cc2C1. The predicted octanol–water partition coefficient (Wildman–Crippen LogP) is 2.92. The number of hydrogen-bond acceptors (Lipinski definition) is 4. The van der Waals surface area contributed by atoms with E-state index >= 15 is 0 Å². The summed E-state index contributed by atoms with van der Waals surface area (Å²) in [6.07, 6.45) is 0.969. The molecule has 0 spiro atoms. The minimum atomic E-state index is -0.515. The first-order valence-electron chi connectivity index (χ1n) is 8.50. The molecule has 1 aromatic carbocycles. The van der Waals surface area contributed by atoms with E-state index in [0.717, 1.165) is 24.5 Å². The number of anilines is 2. The number of amides is 2. The third kappa shape index (κ3) is 3.61. The summed E-state index contributed by atoms with van der Waals surface area (Å²) in [5.74, 6) is 0.294. The van der Waals surface area contributed by atoms with Gasteiger partial charge in [-0.25, -0.2) is 9.18 Å². The van der Waals surface area contributed by atoms with Gasteiger partial charge in [0.25, 0.3) is 0 Å². The lowest BCUT2D eigenvalue weighted by molar-refractivity contribution is 0.194. The molecule has 1 unspecified atom stereocenters. The molecular formula is C17H19ClFN5O2. The van der Waals surface area contributed by atoms with Crippen LogP contribution in [-0.4, -0.2) is 46.5 Å². The van der Waals surface area contributed by atoms with Crippen molar-refractivity contribution in [1.82, 2.24) is 14.7 Å². The van der Waals surface area contributed by atoms with E-state index in [4.69, 9.17) is 16.3 Å². The molecule has 9 heteroatoms. The summed E-state index contributed by atoms with van der Waals surface area (Å²) in [7, 11) is 0. The molecular weight excluding hydrogens is 361 g/mol. The van der Waals surface area contributed by atoms with Gasteiger partial charge >= 0.3 is 6.03 Å². The maximum Gasteiger partial charge on any atom is 0.322 e. The zero-order chi connectivity index (χ0) is 18.1. The number of ether oxygens (including phenoxy) is 1. The molecule has 0 radical (unpaired) electrons. The van der Waals surface area contributed by atoms with Crippen LogP contribution in [-0.2, 0) is 17.8 Å². The molecule has 4 rings (SSSR count). The lowest BCUT2D eigenvalue weighted by Crippen LogP contribution is -2.40. The van der Waals surface area contributed by atoms with Gasteiger partial charge in [0.05, 0.1) is 36.5 Å². The van der Waals surface area contributed by atoms with Gasteiger partial charge in [0.1, 0.15) is 11.6 Å². The Morgan fingerprint density at radius 3 is 3.00 bits per heavy atom. The molecule has 2 N–H and O–H groups in total. The third-order valence-electron chi connectivity index (χ3n) is 4.54. The number of nitrogens with one attached hydrogen (secondary N) is 2. The summed E-state index contributed by atoms with van der Waals surface area (Å²) < 4.78 is 20.5. The third-order valence-corrected chi connectivity index (χ3v) is 4.83. The fourth-order valence-electron chi connectivity index (χ4n) is 3.14. The van der Waals surface area contributed by atoms with Crippen molar-refractivity contribution in [3.63, 3.8) is 0 Å². The Hall–Kier alpha value is -2.32. The Kier molecular flexibility index (Phi) is 4.69. The van der Waals surface area contributed by atoms with Crippen LogP contribution in [0.4, 0.5) is 20.7 Å². The van der Waals surface area contributed by atoms with Gasteiger partial charge in [0, 0.05) is 24.9 Å². The van der Waals surface area contributed by atoms with Crippen molar-refractivity contribution >= 4 is 29.1 Å². The first kappa shape index (κ1) is 17.1. The van der Waals surface area contributed by atoms with Crippen molar-refractivity contribution in [1.29, 1.82) is 0 Å². The van der Waals surface area contributed by atoms with E-state index in [1.807, 2.05) is 10.7 Å². The molecule has 7 nitrogen and oxygen atoms in total. The van der Waals surface area contributed by atoms with Crippen LogP contribution >= 0.6 is 11.6 Å². The van der Waals surface area contributed by atoms with Gasteiger partial charge in [-0.3, -0.25) is 4.68 Å². The maximum atomic E-state index is 13.2. The van der Waals surface area contributed by atoms with E-state index < -0.39 is 5.82 Å². The molecule has 26 heavy (non-hydrogen) atoms. The number of aromatic nitrogens is 2.